The van der Waals surface area contributed by atoms with E-state index in [1.807, 2.05) is 12.1 Å². The van der Waals surface area contributed by atoms with E-state index in [1.165, 1.54) is 24.8 Å². The predicted molar refractivity (Wildman–Crippen MR) is 83.2 cm³/mol. The molecule has 0 amide bonds. The second-order valence-electron chi connectivity index (χ2n) is 5.13. The van der Waals surface area contributed by atoms with E-state index in [2.05, 4.69) is 34.7 Å². The Hall–Kier alpha value is -1.71. The average molecular weight is 275 g/mol. The van der Waals surface area contributed by atoms with Gasteiger partial charge in [-0.2, -0.15) is 0 Å². The molecular weight excluding hydrogens is 250 g/mol. The molecule has 20 heavy (non-hydrogen) atoms. The van der Waals surface area contributed by atoms with Gasteiger partial charge in [0.15, 0.2) is 5.96 Å². The molecule has 0 heterocycles. The van der Waals surface area contributed by atoms with Gasteiger partial charge in [-0.15, -0.1) is 0 Å². The third-order valence-corrected chi connectivity index (χ3v) is 3.53. The molecule has 4 heteroatoms. The quantitative estimate of drug-likeness (QED) is 0.620. The second-order valence-corrected chi connectivity index (χ2v) is 5.13. The summed E-state index contributed by atoms with van der Waals surface area (Å²) in [6, 6.07) is 8.24. The van der Waals surface area contributed by atoms with E-state index in [4.69, 9.17) is 4.74 Å². The molecule has 0 aromatic heterocycles. The van der Waals surface area contributed by atoms with E-state index < -0.39 is 0 Å². The third kappa shape index (κ3) is 4.15. The van der Waals surface area contributed by atoms with Crippen molar-refractivity contribution < 1.29 is 4.74 Å². The summed E-state index contributed by atoms with van der Waals surface area (Å²) in [6.07, 6.45) is 5.15. The molecule has 1 aliphatic rings. The van der Waals surface area contributed by atoms with Crippen molar-refractivity contribution in [3.8, 4) is 5.75 Å². The van der Waals surface area contributed by atoms with Gasteiger partial charge in [0.2, 0.25) is 0 Å². The molecule has 0 saturated heterocycles. The molecule has 0 spiro atoms. The zero-order valence-electron chi connectivity index (χ0n) is 12.5. The van der Waals surface area contributed by atoms with E-state index in [-0.39, 0.29) is 0 Å². The smallest absolute Gasteiger partial charge is 0.191 e. The zero-order chi connectivity index (χ0) is 14.2. The van der Waals surface area contributed by atoms with Crippen molar-refractivity contribution in [2.45, 2.75) is 45.3 Å². The van der Waals surface area contributed by atoms with Gasteiger partial charge in [0.05, 0.1) is 6.10 Å². The molecule has 1 aromatic carbocycles. The van der Waals surface area contributed by atoms with E-state index in [1.54, 1.807) is 7.05 Å². The lowest BCUT2D eigenvalue weighted by atomic mass is 9.96. The Balaban J connectivity index is 1.90. The van der Waals surface area contributed by atoms with Gasteiger partial charge in [-0.3, -0.25) is 4.99 Å². The van der Waals surface area contributed by atoms with Crippen LogP contribution in [-0.4, -0.2) is 25.7 Å². The molecule has 1 aliphatic carbocycles. The first-order valence-corrected chi connectivity index (χ1v) is 7.52. The van der Waals surface area contributed by atoms with Crippen LogP contribution in [0.4, 0.5) is 0 Å². The number of hydrogen-bond acceptors (Lipinski definition) is 2. The summed E-state index contributed by atoms with van der Waals surface area (Å²) in [6.45, 7) is 3.80. The lowest BCUT2D eigenvalue weighted by Gasteiger charge is -2.27. The molecule has 1 aromatic rings. The maximum Gasteiger partial charge on any atom is 0.191 e. The highest BCUT2D eigenvalue weighted by Crippen LogP contribution is 2.27. The molecule has 0 aliphatic heterocycles. The first kappa shape index (κ1) is 14.7. The topological polar surface area (TPSA) is 45.7 Å². The minimum Gasteiger partial charge on any atom is -0.490 e. The van der Waals surface area contributed by atoms with Crippen molar-refractivity contribution in [2.24, 2.45) is 4.99 Å². The number of hydrogen-bond donors (Lipinski definition) is 2. The van der Waals surface area contributed by atoms with Crippen LogP contribution < -0.4 is 15.4 Å². The highest BCUT2D eigenvalue weighted by Gasteiger charge is 2.20. The van der Waals surface area contributed by atoms with E-state index in [0.717, 1.165) is 31.2 Å². The van der Waals surface area contributed by atoms with Crippen molar-refractivity contribution in [1.29, 1.82) is 0 Å². The van der Waals surface area contributed by atoms with Gasteiger partial charge >= 0.3 is 0 Å². The van der Waals surface area contributed by atoms with Crippen LogP contribution in [0.3, 0.4) is 0 Å². The SMILES string of the molecule is CCCNC(=NC)NCc1ccccc1OC1CCC1. The van der Waals surface area contributed by atoms with Gasteiger partial charge in [-0.1, -0.05) is 25.1 Å². The molecular formula is C16H25N3O. The van der Waals surface area contributed by atoms with Crippen LogP contribution >= 0.6 is 0 Å². The summed E-state index contributed by atoms with van der Waals surface area (Å²) >= 11 is 0. The Morgan fingerprint density at radius 2 is 2.10 bits per heavy atom. The van der Waals surface area contributed by atoms with Crippen molar-refractivity contribution in [3.05, 3.63) is 29.8 Å². The number of benzene rings is 1. The maximum absolute atomic E-state index is 6.03. The Bertz CT molecular complexity index is 441. The molecule has 2 rings (SSSR count). The van der Waals surface area contributed by atoms with Crippen LogP contribution in [-0.2, 0) is 6.54 Å². The van der Waals surface area contributed by atoms with Gasteiger partial charge in [-0.25, -0.2) is 0 Å². The number of nitrogens with one attached hydrogen (secondary N) is 2. The molecule has 0 atom stereocenters. The van der Waals surface area contributed by atoms with Gasteiger partial charge in [0.1, 0.15) is 5.75 Å². The van der Waals surface area contributed by atoms with Crippen LogP contribution in [0.15, 0.2) is 29.3 Å². The van der Waals surface area contributed by atoms with Crippen LogP contribution in [0.5, 0.6) is 5.75 Å². The summed E-state index contributed by atoms with van der Waals surface area (Å²) in [5.74, 6) is 1.83. The molecule has 110 valence electrons. The van der Waals surface area contributed by atoms with Crippen LogP contribution in [0.1, 0.15) is 38.2 Å². The minimum absolute atomic E-state index is 0.411. The summed E-state index contributed by atoms with van der Waals surface area (Å²) in [7, 11) is 1.79. The van der Waals surface area contributed by atoms with Gasteiger partial charge in [0, 0.05) is 25.7 Å². The Morgan fingerprint density at radius 1 is 1.30 bits per heavy atom. The number of rotatable bonds is 6. The number of para-hydroxylation sites is 1. The van der Waals surface area contributed by atoms with E-state index >= 15 is 0 Å². The molecule has 4 nitrogen and oxygen atoms in total. The molecule has 2 N–H and O–H groups in total. The molecule has 1 fully saturated rings. The highest BCUT2D eigenvalue weighted by molar-refractivity contribution is 5.79. The van der Waals surface area contributed by atoms with Crippen LogP contribution in [0.25, 0.3) is 0 Å². The number of aliphatic imine (C=N–C) groups is 1. The lowest BCUT2D eigenvalue weighted by Crippen LogP contribution is -2.37. The molecule has 0 radical (unpaired) electrons. The standard InChI is InChI=1S/C16H25N3O/c1-3-11-18-16(17-2)19-12-13-7-4-5-10-15(13)20-14-8-6-9-14/h4-5,7,10,14H,3,6,8-9,11-12H2,1-2H3,(H2,17,18,19). The normalized spacial score (nSPS) is 15.6. The van der Waals surface area contributed by atoms with Crippen LogP contribution in [0.2, 0.25) is 0 Å². The zero-order valence-corrected chi connectivity index (χ0v) is 12.5. The summed E-state index contributed by atoms with van der Waals surface area (Å²) in [4.78, 5) is 4.21. The number of guanidine groups is 1. The summed E-state index contributed by atoms with van der Waals surface area (Å²) in [5, 5.41) is 6.60. The first-order valence-electron chi connectivity index (χ1n) is 7.52. The highest BCUT2D eigenvalue weighted by atomic mass is 16.5. The van der Waals surface area contributed by atoms with Crippen LogP contribution in [0, 0.1) is 0 Å². The molecule has 0 bridgehead atoms. The molecule has 0 unspecified atom stereocenters. The maximum atomic E-state index is 6.03. The lowest BCUT2D eigenvalue weighted by molar-refractivity contribution is 0.119. The average Bonchev–Trinajstić information content (AvgIpc) is 2.44. The minimum atomic E-state index is 0.411. The number of nitrogens with zero attached hydrogens (tertiary/aromatic N) is 1. The van der Waals surface area contributed by atoms with Crippen molar-refractivity contribution in [2.75, 3.05) is 13.6 Å². The summed E-state index contributed by atoms with van der Waals surface area (Å²) in [5.41, 5.74) is 1.18. The Labute approximate surface area is 121 Å². The van der Waals surface area contributed by atoms with Crippen molar-refractivity contribution in [3.63, 3.8) is 0 Å². The van der Waals surface area contributed by atoms with Crippen molar-refractivity contribution >= 4 is 5.96 Å². The monoisotopic (exact) mass is 275 g/mol. The molecule has 1 saturated carbocycles. The summed E-state index contributed by atoms with van der Waals surface area (Å²) < 4.78 is 6.03. The first-order chi connectivity index (χ1) is 9.83. The third-order valence-electron chi connectivity index (χ3n) is 3.53. The van der Waals surface area contributed by atoms with E-state index in [9.17, 15) is 0 Å². The fourth-order valence-corrected chi connectivity index (χ4v) is 2.08. The number of ether oxygens (including phenoxy) is 1. The predicted octanol–water partition coefficient (Wildman–Crippen LogP) is 2.69. The second kappa shape index (κ2) is 7.78. The van der Waals surface area contributed by atoms with Gasteiger partial charge in [-0.05, 0) is 31.7 Å². The van der Waals surface area contributed by atoms with Gasteiger partial charge in [0.25, 0.3) is 0 Å². The Morgan fingerprint density at radius 3 is 2.75 bits per heavy atom. The largest absolute Gasteiger partial charge is 0.490 e. The van der Waals surface area contributed by atoms with E-state index in [0.29, 0.717) is 6.10 Å². The van der Waals surface area contributed by atoms with Gasteiger partial charge < -0.3 is 15.4 Å². The Kier molecular flexibility index (Phi) is 5.71. The van der Waals surface area contributed by atoms with Crippen molar-refractivity contribution in [1.82, 2.24) is 10.6 Å². The fourth-order valence-electron chi connectivity index (χ4n) is 2.08. The fraction of sp³-hybridized carbons (Fsp3) is 0.562.